The summed E-state index contributed by atoms with van der Waals surface area (Å²) in [5, 5.41) is 23.4. The van der Waals surface area contributed by atoms with Crippen molar-refractivity contribution in [2.45, 2.75) is 18.6 Å². The zero-order chi connectivity index (χ0) is 21.7. The van der Waals surface area contributed by atoms with Crippen molar-refractivity contribution in [3.05, 3.63) is 70.0 Å². The molecular weight excluding hydrogens is 413 g/mol. The van der Waals surface area contributed by atoms with Gasteiger partial charge in [0.05, 0.1) is 10.6 Å². The standard InChI is InChI=1S/C19H16FN5O4S/c1-11(12-2-4-13(20)5-3-12)23-24-19-22-18(27)16(30-19)10-17(26)21-14-6-8-15(9-7-14)25(28)29/h2-9,16H,10H2,1H3,(H,21,26)(H,22,24,27)/b23-11-/t16-/m1/s1. The Hall–Kier alpha value is -3.60. The molecule has 0 aromatic heterocycles. The van der Waals surface area contributed by atoms with E-state index in [1.54, 1.807) is 19.1 Å². The van der Waals surface area contributed by atoms with E-state index in [0.717, 1.165) is 11.8 Å². The Bertz CT molecular complexity index is 1040. The summed E-state index contributed by atoms with van der Waals surface area (Å²) < 4.78 is 13.0. The fraction of sp³-hybridized carbons (Fsp3) is 0.158. The van der Waals surface area contributed by atoms with Crippen molar-refractivity contribution in [2.24, 2.45) is 10.2 Å². The molecule has 1 heterocycles. The Morgan fingerprint density at radius 2 is 1.90 bits per heavy atom. The monoisotopic (exact) mass is 429 g/mol. The number of nitro benzene ring substituents is 1. The number of anilines is 1. The number of rotatable bonds is 6. The second-order valence-electron chi connectivity index (χ2n) is 6.25. The van der Waals surface area contributed by atoms with Gasteiger partial charge in [-0.05, 0) is 36.8 Å². The van der Waals surface area contributed by atoms with Gasteiger partial charge in [0.1, 0.15) is 11.1 Å². The first kappa shape index (κ1) is 21.1. The molecule has 2 aromatic rings. The van der Waals surface area contributed by atoms with Crippen LogP contribution in [-0.2, 0) is 9.59 Å². The Labute approximate surface area is 174 Å². The van der Waals surface area contributed by atoms with Crippen molar-refractivity contribution < 1.29 is 18.9 Å². The number of carbonyl (C=O) groups is 2. The van der Waals surface area contributed by atoms with Crippen LogP contribution in [0, 0.1) is 15.9 Å². The minimum atomic E-state index is -0.678. The normalized spacial score (nSPS) is 17.7. The Kier molecular flexibility index (Phi) is 6.52. The van der Waals surface area contributed by atoms with Crippen LogP contribution in [0.25, 0.3) is 0 Å². The quantitative estimate of drug-likeness (QED) is 0.415. The lowest BCUT2D eigenvalue weighted by Gasteiger charge is -2.07. The van der Waals surface area contributed by atoms with Gasteiger partial charge in [0.15, 0.2) is 5.17 Å². The van der Waals surface area contributed by atoms with Crippen LogP contribution in [0.1, 0.15) is 18.9 Å². The Balaban J connectivity index is 1.57. The fourth-order valence-corrected chi connectivity index (χ4v) is 3.42. The smallest absolute Gasteiger partial charge is 0.269 e. The van der Waals surface area contributed by atoms with E-state index >= 15 is 0 Å². The van der Waals surface area contributed by atoms with Gasteiger partial charge in [-0.15, -0.1) is 5.10 Å². The maximum Gasteiger partial charge on any atom is 0.269 e. The van der Waals surface area contributed by atoms with Gasteiger partial charge in [-0.3, -0.25) is 19.7 Å². The lowest BCUT2D eigenvalue weighted by atomic mass is 10.1. The summed E-state index contributed by atoms with van der Waals surface area (Å²) in [6.07, 6.45) is -0.104. The van der Waals surface area contributed by atoms with E-state index in [9.17, 15) is 24.1 Å². The highest BCUT2D eigenvalue weighted by Crippen LogP contribution is 2.23. The third kappa shape index (κ3) is 5.47. The number of thioether (sulfide) groups is 1. The predicted octanol–water partition coefficient (Wildman–Crippen LogP) is 3.07. The van der Waals surface area contributed by atoms with Gasteiger partial charge in [0, 0.05) is 24.2 Å². The molecule has 154 valence electrons. The topological polar surface area (TPSA) is 126 Å². The van der Waals surface area contributed by atoms with Crippen molar-refractivity contribution in [2.75, 3.05) is 5.32 Å². The van der Waals surface area contributed by atoms with Crippen molar-refractivity contribution in [3.8, 4) is 0 Å². The van der Waals surface area contributed by atoms with Gasteiger partial charge in [-0.2, -0.15) is 5.10 Å². The highest BCUT2D eigenvalue weighted by atomic mass is 32.2. The molecule has 2 N–H and O–H groups in total. The van der Waals surface area contributed by atoms with Gasteiger partial charge < -0.3 is 10.6 Å². The molecule has 9 nitrogen and oxygen atoms in total. The number of carbonyl (C=O) groups excluding carboxylic acids is 2. The molecule has 11 heteroatoms. The van der Waals surface area contributed by atoms with E-state index in [0.29, 0.717) is 17.0 Å². The Morgan fingerprint density at radius 1 is 1.23 bits per heavy atom. The van der Waals surface area contributed by atoms with Crippen LogP contribution in [0.4, 0.5) is 15.8 Å². The summed E-state index contributed by atoms with van der Waals surface area (Å²) in [6, 6.07) is 11.1. The molecule has 0 unspecified atom stereocenters. The first-order valence-electron chi connectivity index (χ1n) is 8.72. The van der Waals surface area contributed by atoms with E-state index in [1.807, 2.05) is 0 Å². The second-order valence-corrected chi connectivity index (χ2v) is 7.44. The summed E-state index contributed by atoms with van der Waals surface area (Å²) >= 11 is 1.08. The van der Waals surface area contributed by atoms with E-state index in [2.05, 4.69) is 20.8 Å². The minimum absolute atomic E-state index is 0.0870. The Morgan fingerprint density at radius 3 is 2.53 bits per heavy atom. The molecule has 1 saturated heterocycles. The number of nitrogens with one attached hydrogen (secondary N) is 2. The van der Waals surface area contributed by atoms with Crippen molar-refractivity contribution in [1.29, 1.82) is 0 Å². The zero-order valence-electron chi connectivity index (χ0n) is 15.7. The zero-order valence-corrected chi connectivity index (χ0v) is 16.5. The molecule has 0 bridgehead atoms. The number of nitrogens with zero attached hydrogens (tertiary/aromatic N) is 3. The van der Waals surface area contributed by atoms with Crippen LogP contribution in [0.3, 0.4) is 0 Å². The van der Waals surface area contributed by atoms with E-state index in [1.165, 1.54) is 36.4 Å². The minimum Gasteiger partial charge on any atom is -0.326 e. The van der Waals surface area contributed by atoms with Crippen LogP contribution in [0.5, 0.6) is 0 Å². The van der Waals surface area contributed by atoms with Gasteiger partial charge in [0.25, 0.3) is 5.69 Å². The number of amidine groups is 1. The van der Waals surface area contributed by atoms with Crippen molar-refractivity contribution >= 4 is 45.8 Å². The molecule has 30 heavy (non-hydrogen) atoms. The molecule has 1 fully saturated rings. The molecular formula is C19H16FN5O4S. The maximum atomic E-state index is 13.0. The molecule has 1 atom stereocenters. The predicted molar refractivity (Wildman–Crippen MR) is 112 cm³/mol. The van der Waals surface area contributed by atoms with Crippen LogP contribution in [0.15, 0.2) is 58.7 Å². The van der Waals surface area contributed by atoms with Gasteiger partial charge in [-0.1, -0.05) is 23.9 Å². The van der Waals surface area contributed by atoms with E-state index in [-0.39, 0.29) is 29.0 Å². The molecule has 0 aliphatic carbocycles. The third-order valence-corrected chi connectivity index (χ3v) is 5.13. The highest BCUT2D eigenvalue weighted by molar-refractivity contribution is 8.15. The van der Waals surface area contributed by atoms with Crippen LogP contribution < -0.4 is 10.6 Å². The highest BCUT2D eigenvalue weighted by Gasteiger charge is 2.32. The number of benzene rings is 2. The molecule has 0 radical (unpaired) electrons. The molecule has 2 aromatic carbocycles. The first-order chi connectivity index (χ1) is 14.3. The molecule has 3 rings (SSSR count). The third-order valence-electron chi connectivity index (χ3n) is 4.06. The molecule has 2 amide bonds. The van der Waals surface area contributed by atoms with Crippen LogP contribution >= 0.6 is 11.8 Å². The van der Waals surface area contributed by atoms with Gasteiger partial charge >= 0.3 is 0 Å². The fourth-order valence-electron chi connectivity index (χ4n) is 2.50. The largest absolute Gasteiger partial charge is 0.326 e. The molecule has 0 saturated carbocycles. The van der Waals surface area contributed by atoms with E-state index < -0.39 is 16.1 Å². The van der Waals surface area contributed by atoms with Gasteiger partial charge in [0.2, 0.25) is 11.8 Å². The lowest BCUT2D eigenvalue weighted by Crippen LogP contribution is -2.28. The summed E-state index contributed by atoms with van der Waals surface area (Å²) in [7, 11) is 0. The average Bonchev–Trinajstić information content (AvgIpc) is 3.06. The second kappa shape index (κ2) is 9.27. The van der Waals surface area contributed by atoms with Gasteiger partial charge in [-0.25, -0.2) is 4.39 Å². The van der Waals surface area contributed by atoms with Crippen molar-refractivity contribution in [3.63, 3.8) is 0 Å². The molecule has 1 aliphatic heterocycles. The summed E-state index contributed by atoms with van der Waals surface area (Å²) in [6.45, 7) is 1.70. The number of hydrogen-bond donors (Lipinski definition) is 2. The average molecular weight is 429 g/mol. The van der Waals surface area contributed by atoms with E-state index in [4.69, 9.17) is 0 Å². The lowest BCUT2D eigenvalue weighted by molar-refractivity contribution is -0.384. The van der Waals surface area contributed by atoms with Crippen LogP contribution in [0.2, 0.25) is 0 Å². The maximum absolute atomic E-state index is 13.0. The number of amides is 2. The number of halogens is 1. The first-order valence-corrected chi connectivity index (χ1v) is 9.60. The summed E-state index contributed by atoms with van der Waals surface area (Å²) in [5.74, 6) is -1.14. The molecule has 1 aliphatic rings. The number of hydrogen-bond acceptors (Lipinski definition) is 7. The number of non-ortho nitro benzene ring substituents is 1. The summed E-state index contributed by atoms with van der Waals surface area (Å²) in [4.78, 5) is 34.4. The SMILES string of the molecule is C/C(=N/N=C1\NC(=O)[C@@H](CC(=O)Nc2ccc([N+](=O)[O-])cc2)S1)c1ccc(F)cc1. The number of nitro groups is 1. The van der Waals surface area contributed by atoms with Crippen molar-refractivity contribution in [1.82, 2.24) is 5.32 Å². The van der Waals surface area contributed by atoms with Crippen LogP contribution in [-0.4, -0.2) is 32.9 Å². The molecule has 0 spiro atoms. The summed E-state index contributed by atoms with van der Waals surface area (Å²) in [5.41, 5.74) is 1.53.